The lowest BCUT2D eigenvalue weighted by atomic mass is 9.94. The number of halogens is 3. The molecular weight excluding hydrogens is 480 g/mol. The van der Waals surface area contributed by atoms with E-state index in [9.17, 15) is 8.78 Å². The predicted molar refractivity (Wildman–Crippen MR) is 136 cm³/mol. The first-order valence-electron chi connectivity index (χ1n) is 11.4. The van der Waals surface area contributed by atoms with Crippen LogP contribution < -0.4 is 4.74 Å². The standard InChI is InChI=1S/C22H20ClF2N3O2.C2H6.CH4S/c1-11-10-29-20-14(11)5-7-19(20)30-22-27-18-9-15(23)17(26-21(18)28-22)6-3-12-2-4-13(24)8-16(12)25;2*1-2/h2-4,6,8-9,11,14,19-20H,5,7,10H2,1H3,(H,26,27,28);1-2H3;2H,1H3/b6-3+;;/t11-,14-,19-,20+;;/m1../s1. The Hall–Kier alpha value is -2.16. The minimum Gasteiger partial charge on any atom is -0.459 e. The summed E-state index contributed by atoms with van der Waals surface area (Å²) < 4.78 is 38.9. The molecule has 1 saturated heterocycles. The van der Waals surface area contributed by atoms with Crippen LogP contribution in [0.25, 0.3) is 23.3 Å². The second-order valence-corrected chi connectivity index (χ2v) is 8.35. The average molecular weight is 510 g/mol. The van der Waals surface area contributed by atoms with E-state index in [0.29, 0.717) is 39.7 Å². The fourth-order valence-corrected chi connectivity index (χ4v) is 4.56. The molecule has 5 nitrogen and oxygen atoms in total. The summed E-state index contributed by atoms with van der Waals surface area (Å²) in [7, 11) is 0. The molecule has 1 saturated carbocycles. The summed E-state index contributed by atoms with van der Waals surface area (Å²) in [4.78, 5) is 12.0. The van der Waals surface area contributed by atoms with Gasteiger partial charge in [-0.15, -0.1) is 0 Å². The van der Waals surface area contributed by atoms with E-state index >= 15 is 0 Å². The smallest absolute Gasteiger partial charge is 0.296 e. The number of H-pyrrole nitrogens is 1. The Labute approximate surface area is 209 Å². The van der Waals surface area contributed by atoms with E-state index in [-0.39, 0.29) is 17.8 Å². The van der Waals surface area contributed by atoms with Gasteiger partial charge in [-0.25, -0.2) is 13.8 Å². The molecule has 5 rings (SSSR count). The number of benzene rings is 1. The number of fused-ring (bicyclic) bond motifs is 2. The van der Waals surface area contributed by atoms with Crippen LogP contribution in [0.3, 0.4) is 0 Å². The van der Waals surface area contributed by atoms with Gasteiger partial charge in [0.1, 0.15) is 17.7 Å². The van der Waals surface area contributed by atoms with Crippen molar-refractivity contribution in [2.75, 3.05) is 12.9 Å². The van der Waals surface area contributed by atoms with Crippen LogP contribution in [-0.4, -0.2) is 40.0 Å². The summed E-state index contributed by atoms with van der Waals surface area (Å²) in [5.74, 6) is -0.190. The first-order chi connectivity index (χ1) is 16.5. The van der Waals surface area contributed by atoms with Crippen LogP contribution in [0.4, 0.5) is 8.78 Å². The molecule has 3 aromatic rings. The minimum absolute atomic E-state index is 0.0307. The molecule has 2 fully saturated rings. The lowest BCUT2D eigenvalue weighted by Crippen LogP contribution is -2.29. The lowest BCUT2D eigenvalue weighted by molar-refractivity contribution is 0.0153. The highest BCUT2D eigenvalue weighted by Gasteiger charge is 2.45. The Morgan fingerprint density at radius 2 is 1.91 bits per heavy atom. The van der Waals surface area contributed by atoms with Crippen LogP contribution in [0.15, 0.2) is 24.3 Å². The topological polar surface area (TPSA) is 60.0 Å². The number of nitrogens with one attached hydrogen (secondary N) is 1. The number of aromatic amines is 1. The van der Waals surface area contributed by atoms with Gasteiger partial charge in [0.2, 0.25) is 0 Å². The van der Waals surface area contributed by atoms with E-state index in [1.807, 2.05) is 13.8 Å². The predicted octanol–water partition coefficient (Wildman–Crippen LogP) is 6.82. The number of thiol groups is 1. The molecule has 0 spiro atoms. The van der Waals surface area contributed by atoms with Crippen molar-refractivity contribution in [1.29, 1.82) is 0 Å². The van der Waals surface area contributed by atoms with E-state index in [0.717, 1.165) is 25.5 Å². The maximum absolute atomic E-state index is 13.8. The van der Waals surface area contributed by atoms with E-state index in [2.05, 4.69) is 34.5 Å². The number of aromatic nitrogens is 3. The Bertz CT molecular complexity index is 1140. The summed E-state index contributed by atoms with van der Waals surface area (Å²) in [5.41, 5.74) is 1.76. The van der Waals surface area contributed by atoms with Crippen molar-refractivity contribution in [2.45, 2.75) is 45.8 Å². The highest BCUT2D eigenvalue weighted by Crippen LogP contribution is 2.41. The molecule has 0 amide bonds. The van der Waals surface area contributed by atoms with Gasteiger partial charge in [0.05, 0.1) is 28.9 Å². The molecule has 0 radical (unpaired) electrons. The molecule has 1 aliphatic carbocycles. The fraction of sp³-hybridized carbons (Fsp3) is 0.440. The molecular formula is C25H30ClF2N3O2S. The van der Waals surface area contributed by atoms with Crippen molar-refractivity contribution in [2.24, 2.45) is 11.8 Å². The van der Waals surface area contributed by atoms with Crippen molar-refractivity contribution in [3.05, 3.63) is 52.2 Å². The molecule has 2 aromatic heterocycles. The first kappa shape index (κ1) is 26.4. The molecule has 184 valence electrons. The average Bonchev–Trinajstić information content (AvgIpc) is 3.53. The van der Waals surface area contributed by atoms with E-state index in [1.165, 1.54) is 18.2 Å². The molecule has 4 atom stereocenters. The lowest BCUT2D eigenvalue weighted by Gasteiger charge is -2.18. The van der Waals surface area contributed by atoms with Crippen LogP contribution in [-0.2, 0) is 4.74 Å². The maximum Gasteiger partial charge on any atom is 0.296 e. The third-order valence-electron chi connectivity index (χ3n) is 5.93. The SMILES string of the molecule is CC.CS.C[C@@H]1CO[C@H]2[C@@H]1CC[C@H]2Oc1nc2nc(/C=C/c3ccc(F)cc3F)c(Cl)cc2[nH]1. The third kappa shape index (κ3) is 5.73. The molecule has 1 N–H and O–H groups in total. The zero-order chi connectivity index (χ0) is 24.8. The van der Waals surface area contributed by atoms with Crippen molar-refractivity contribution < 1.29 is 18.3 Å². The summed E-state index contributed by atoms with van der Waals surface area (Å²) in [6.45, 7) is 6.99. The van der Waals surface area contributed by atoms with Crippen molar-refractivity contribution in [3.8, 4) is 6.01 Å². The zero-order valence-electron chi connectivity index (χ0n) is 19.7. The normalized spacial score (nSPS) is 23.3. The Morgan fingerprint density at radius 1 is 1.15 bits per heavy atom. The highest BCUT2D eigenvalue weighted by molar-refractivity contribution is 7.79. The number of hydrogen-bond acceptors (Lipinski definition) is 5. The fourth-order valence-electron chi connectivity index (χ4n) is 4.34. The largest absolute Gasteiger partial charge is 0.459 e. The Balaban J connectivity index is 0.000000771. The summed E-state index contributed by atoms with van der Waals surface area (Å²) in [5, 5.41) is 0.380. The molecule has 3 heterocycles. The van der Waals surface area contributed by atoms with Gasteiger partial charge in [0.15, 0.2) is 5.65 Å². The number of hydrogen-bond donors (Lipinski definition) is 2. The van der Waals surface area contributed by atoms with Gasteiger partial charge in [-0.2, -0.15) is 17.6 Å². The van der Waals surface area contributed by atoms with Gasteiger partial charge < -0.3 is 14.5 Å². The van der Waals surface area contributed by atoms with Gasteiger partial charge in [-0.3, -0.25) is 0 Å². The monoisotopic (exact) mass is 509 g/mol. The van der Waals surface area contributed by atoms with Gasteiger partial charge in [0, 0.05) is 11.6 Å². The molecule has 2 aliphatic rings. The van der Waals surface area contributed by atoms with Crippen LogP contribution >= 0.6 is 24.2 Å². The zero-order valence-corrected chi connectivity index (χ0v) is 21.3. The Morgan fingerprint density at radius 3 is 2.65 bits per heavy atom. The van der Waals surface area contributed by atoms with E-state index in [4.69, 9.17) is 21.1 Å². The summed E-state index contributed by atoms with van der Waals surface area (Å²) >= 11 is 9.85. The quantitative estimate of drug-likeness (QED) is 0.379. The third-order valence-corrected chi connectivity index (χ3v) is 6.24. The number of ether oxygens (including phenoxy) is 2. The van der Waals surface area contributed by atoms with Crippen molar-refractivity contribution in [3.63, 3.8) is 0 Å². The molecule has 1 aromatic carbocycles. The van der Waals surface area contributed by atoms with E-state index in [1.54, 1.807) is 18.4 Å². The van der Waals surface area contributed by atoms with Crippen LogP contribution in [0.5, 0.6) is 6.01 Å². The Kier molecular flexibility index (Phi) is 9.33. The number of imidazole rings is 1. The molecule has 0 unspecified atom stereocenters. The van der Waals surface area contributed by atoms with Gasteiger partial charge in [0.25, 0.3) is 6.01 Å². The van der Waals surface area contributed by atoms with Crippen LogP contribution in [0.1, 0.15) is 44.9 Å². The highest BCUT2D eigenvalue weighted by atomic mass is 35.5. The van der Waals surface area contributed by atoms with Gasteiger partial charge in [-0.1, -0.05) is 32.4 Å². The van der Waals surface area contributed by atoms with Crippen molar-refractivity contribution >= 4 is 47.5 Å². The van der Waals surface area contributed by atoms with Gasteiger partial charge >= 0.3 is 0 Å². The molecule has 0 bridgehead atoms. The first-order valence-corrected chi connectivity index (χ1v) is 12.7. The summed E-state index contributed by atoms with van der Waals surface area (Å²) in [6.07, 6.45) is 6.86. The minimum atomic E-state index is -0.655. The van der Waals surface area contributed by atoms with E-state index < -0.39 is 11.6 Å². The number of nitrogens with zero attached hydrogens (tertiary/aromatic N) is 2. The number of pyridine rings is 1. The van der Waals surface area contributed by atoms with Crippen LogP contribution in [0.2, 0.25) is 5.02 Å². The number of rotatable bonds is 4. The maximum atomic E-state index is 13.8. The van der Waals surface area contributed by atoms with Crippen LogP contribution in [0, 0.1) is 23.5 Å². The molecule has 9 heteroatoms. The molecule has 1 aliphatic heterocycles. The molecule has 34 heavy (non-hydrogen) atoms. The second kappa shape index (κ2) is 12.0. The van der Waals surface area contributed by atoms with Crippen molar-refractivity contribution in [1.82, 2.24) is 15.0 Å². The second-order valence-electron chi connectivity index (χ2n) is 7.94. The summed E-state index contributed by atoms with van der Waals surface area (Å²) in [6, 6.07) is 5.47. The van der Waals surface area contributed by atoms with Gasteiger partial charge in [-0.05, 0) is 61.3 Å².